The lowest BCUT2D eigenvalue weighted by Gasteiger charge is -2.02. The smallest absolute Gasteiger partial charge is 0.239 e. The third-order valence-corrected chi connectivity index (χ3v) is 1.53. The van der Waals surface area contributed by atoms with Gasteiger partial charge >= 0.3 is 0 Å². The van der Waals surface area contributed by atoms with Crippen LogP contribution in [0.15, 0.2) is 0 Å². The van der Waals surface area contributed by atoms with Gasteiger partial charge in [-0.2, -0.15) is 5.10 Å². The summed E-state index contributed by atoms with van der Waals surface area (Å²) in [5.74, 6) is 0.151. The van der Waals surface area contributed by atoms with Gasteiger partial charge in [-0.1, -0.05) is 0 Å². The first-order valence-electron chi connectivity index (χ1n) is 3.64. The number of aromatic nitrogens is 2. The van der Waals surface area contributed by atoms with Gasteiger partial charge in [0.05, 0.1) is 0 Å². The summed E-state index contributed by atoms with van der Waals surface area (Å²) in [6, 6.07) is 0. The molecule has 70 valence electrons. The molecular formula is C7H11N5O. The fourth-order valence-corrected chi connectivity index (χ4v) is 0.837. The van der Waals surface area contributed by atoms with Gasteiger partial charge in [0.1, 0.15) is 11.5 Å². The Morgan fingerprint density at radius 1 is 1.54 bits per heavy atom. The third-order valence-electron chi connectivity index (χ3n) is 1.53. The number of aromatic amines is 1. The summed E-state index contributed by atoms with van der Waals surface area (Å²) in [7, 11) is 0. The number of ether oxygens (including phenoxy) is 1. The Balaban J connectivity index is 2.89. The molecule has 1 aromatic heterocycles. The topological polar surface area (TPSA) is 112 Å². The summed E-state index contributed by atoms with van der Waals surface area (Å²) in [6.45, 7) is 3.18. The van der Waals surface area contributed by atoms with Crippen LogP contribution in [0.3, 0.4) is 0 Å². The molecule has 0 radical (unpaired) electrons. The zero-order chi connectivity index (χ0) is 10.0. The molecule has 1 rings (SSSR count). The molecule has 0 aliphatic rings. The Morgan fingerprint density at radius 2 is 2.15 bits per heavy atom. The highest BCUT2D eigenvalue weighted by atomic mass is 16.5. The van der Waals surface area contributed by atoms with E-state index in [9.17, 15) is 0 Å². The monoisotopic (exact) mass is 181 g/mol. The predicted molar refractivity (Wildman–Crippen MR) is 49.1 cm³/mol. The normalized spacial score (nSPS) is 9.69. The van der Waals surface area contributed by atoms with Crippen LogP contribution in [-0.4, -0.2) is 22.0 Å². The third kappa shape index (κ3) is 1.84. The Kier molecular flexibility index (Phi) is 2.32. The molecular weight excluding hydrogens is 170 g/mol. The van der Waals surface area contributed by atoms with E-state index >= 15 is 0 Å². The van der Waals surface area contributed by atoms with E-state index in [1.165, 1.54) is 6.92 Å². The van der Waals surface area contributed by atoms with E-state index in [2.05, 4.69) is 10.2 Å². The summed E-state index contributed by atoms with van der Waals surface area (Å²) in [5.41, 5.74) is 6.53. The molecule has 6 heteroatoms. The number of hydrogen-bond donors (Lipinski definition) is 4. The molecule has 0 aliphatic heterocycles. The van der Waals surface area contributed by atoms with E-state index in [1.54, 1.807) is 6.92 Å². The number of nitrogens with zero attached hydrogens (tertiary/aromatic N) is 1. The Morgan fingerprint density at radius 3 is 2.54 bits per heavy atom. The lowest BCUT2D eigenvalue weighted by Crippen LogP contribution is -2.10. The van der Waals surface area contributed by atoms with Crippen molar-refractivity contribution in [3.63, 3.8) is 0 Å². The van der Waals surface area contributed by atoms with Crippen LogP contribution >= 0.6 is 0 Å². The Labute approximate surface area is 75.1 Å². The minimum absolute atomic E-state index is 0.0439. The minimum atomic E-state index is -0.144. The van der Waals surface area contributed by atoms with Gasteiger partial charge < -0.3 is 10.5 Å². The fraction of sp³-hybridized carbons (Fsp3) is 0.286. The summed E-state index contributed by atoms with van der Waals surface area (Å²) >= 11 is 0. The average molecular weight is 181 g/mol. The van der Waals surface area contributed by atoms with Crippen molar-refractivity contribution in [2.45, 2.75) is 13.8 Å². The van der Waals surface area contributed by atoms with Gasteiger partial charge in [0.2, 0.25) is 5.90 Å². The Hall–Kier alpha value is -1.85. The van der Waals surface area contributed by atoms with Crippen LogP contribution in [0.1, 0.15) is 18.2 Å². The second kappa shape index (κ2) is 3.26. The molecule has 1 aromatic rings. The molecule has 0 amide bonds. The molecule has 0 fully saturated rings. The largest absolute Gasteiger partial charge is 0.424 e. The predicted octanol–water partition coefficient (Wildman–Crippen LogP) is 0.639. The highest BCUT2D eigenvalue weighted by Gasteiger charge is 2.12. The molecule has 13 heavy (non-hydrogen) atoms. The van der Waals surface area contributed by atoms with Crippen molar-refractivity contribution in [3.05, 3.63) is 11.3 Å². The lowest BCUT2D eigenvalue weighted by atomic mass is 10.2. The standard InChI is InChI=1S/C7H11N5O/c1-3-5(11-12-6(3)9)7(10)13-4(2)8/h8,10H,1-2H3,(H3,9,11,12). The zero-order valence-corrected chi connectivity index (χ0v) is 7.43. The van der Waals surface area contributed by atoms with Crippen molar-refractivity contribution in [2.24, 2.45) is 0 Å². The maximum atomic E-state index is 7.42. The molecule has 0 unspecified atom stereocenters. The van der Waals surface area contributed by atoms with Crippen LogP contribution in [0.5, 0.6) is 0 Å². The van der Waals surface area contributed by atoms with Crippen molar-refractivity contribution in [3.8, 4) is 0 Å². The summed E-state index contributed by atoms with van der Waals surface area (Å²) < 4.78 is 4.77. The molecule has 0 saturated carbocycles. The first-order chi connectivity index (χ1) is 6.02. The molecule has 6 nitrogen and oxygen atoms in total. The maximum Gasteiger partial charge on any atom is 0.239 e. The number of rotatable bonds is 1. The number of hydrogen-bond acceptors (Lipinski definition) is 5. The van der Waals surface area contributed by atoms with Crippen LogP contribution in [0.25, 0.3) is 0 Å². The van der Waals surface area contributed by atoms with Gasteiger partial charge in [-0.15, -0.1) is 0 Å². The summed E-state index contributed by atoms with van der Waals surface area (Å²) in [6.07, 6.45) is 0. The quantitative estimate of drug-likeness (QED) is 0.376. The fourth-order valence-electron chi connectivity index (χ4n) is 0.837. The summed E-state index contributed by atoms with van der Waals surface area (Å²) in [5, 5.41) is 20.7. The van der Waals surface area contributed by atoms with Crippen LogP contribution in [-0.2, 0) is 4.74 Å². The molecule has 0 aliphatic carbocycles. The molecule has 0 aromatic carbocycles. The van der Waals surface area contributed by atoms with Crippen molar-refractivity contribution in [2.75, 3.05) is 5.73 Å². The zero-order valence-electron chi connectivity index (χ0n) is 7.43. The van der Waals surface area contributed by atoms with E-state index in [1.807, 2.05) is 0 Å². The van der Waals surface area contributed by atoms with Gasteiger partial charge in [0, 0.05) is 12.5 Å². The molecule has 0 atom stereocenters. The van der Waals surface area contributed by atoms with Crippen molar-refractivity contribution < 1.29 is 4.74 Å². The van der Waals surface area contributed by atoms with Gasteiger partial charge in [0.25, 0.3) is 0 Å². The van der Waals surface area contributed by atoms with Crippen LogP contribution in [0, 0.1) is 17.7 Å². The van der Waals surface area contributed by atoms with Gasteiger partial charge in [-0.05, 0) is 6.92 Å². The van der Waals surface area contributed by atoms with Gasteiger partial charge in [-0.3, -0.25) is 15.9 Å². The molecule has 0 bridgehead atoms. The highest BCUT2D eigenvalue weighted by Crippen LogP contribution is 2.11. The molecule has 0 spiro atoms. The number of H-pyrrole nitrogens is 1. The molecule has 5 N–H and O–H groups in total. The van der Waals surface area contributed by atoms with Crippen LogP contribution in [0.2, 0.25) is 0 Å². The van der Waals surface area contributed by atoms with E-state index in [-0.39, 0.29) is 11.8 Å². The SMILES string of the molecule is CC(=N)OC(=N)c1[nH]nc(N)c1C. The van der Waals surface area contributed by atoms with Gasteiger partial charge in [0.15, 0.2) is 5.90 Å². The number of nitrogen functional groups attached to an aromatic ring is 1. The molecule has 0 saturated heterocycles. The van der Waals surface area contributed by atoms with E-state index in [4.69, 9.17) is 21.3 Å². The van der Waals surface area contributed by atoms with Crippen molar-refractivity contribution in [1.82, 2.24) is 10.2 Å². The van der Waals surface area contributed by atoms with Crippen LogP contribution < -0.4 is 5.73 Å². The number of nitrogens with two attached hydrogens (primary N) is 1. The van der Waals surface area contributed by atoms with Crippen molar-refractivity contribution in [1.29, 1.82) is 10.8 Å². The first-order valence-corrected chi connectivity index (χ1v) is 3.64. The first kappa shape index (κ1) is 9.24. The van der Waals surface area contributed by atoms with Crippen LogP contribution in [0.4, 0.5) is 5.82 Å². The highest BCUT2D eigenvalue weighted by molar-refractivity contribution is 5.98. The maximum absolute atomic E-state index is 7.42. The van der Waals surface area contributed by atoms with E-state index in [0.717, 1.165) is 0 Å². The lowest BCUT2D eigenvalue weighted by molar-refractivity contribution is 0.529. The second-order valence-electron chi connectivity index (χ2n) is 2.60. The molecule has 1 heterocycles. The van der Waals surface area contributed by atoms with Crippen molar-refractivity contribution >= 4 is 17.6 Å². The average Bonchev–Trinajstić information content (AvgIpc) is 2.31. The number of anilines is 1. The second-order valence-corrected chi connectivity index (χ2v) is 2.60. The van der Waals surface area contributed by atoms with E-state index < -0.39 is 0 Å². The minimum Gasteiger partial charge on any atom is -0.424 e. The Bertz CT molecular complexity index is 354. The van der Waals surface area contributed by atoms with E-state index in [0.29, 0.717) is 17.1 Å². The number of nitrogens with one attached hydrogen (secondary N) is 3. The van der Waals surface area contributed by atoms with Gasteiger partial charge in [-0.25, -0.2) is 0 Å². The summed E-state index contributed by atoms with van der Waals surface area (Å²) in [4.78, 5) is 0.